The van der Waals surface area contributed by atoms with Crippen LogP contribution in [-0.4, -0.2) is 11.7 Å². The average molecular weight is 375 g/mol. The number of ether oxygens (including phenoxy) is 1. The van der Waals surface area contributed by atoms with Crippen LogP contribution >= 0.6 is 0 Å². The van der Waals surface area contributed by atoms with Crippen molar-refractivity contribution in [1.82, 2.24) is 4.98 Å². The van der Waals surface area contributed by atoms with E-state index in [-0.39, 0.29) is 6.71 Å². The highest BCUT2D eigenvalue weighted by Crippen LogP contribution is 2.29. The number of para-hydroxylation sites is 1. The van der Waals surface area contributed by atoms with Gasteiger partial charge < -0.3 is 4.74 Å². The molecular formula is C26H22BNO. The predicted molar refractivity (Wildman–Crippen MR) is 121 cm³/mol. The largest absolute Gasteiger partial charge is 0.458 e. The molecule has 0 bridgehead atoms. The molecule has 0 saturated heterocycles. The van der Waals surface area contributed by atoms with Crippen molar-refractivity contribution >= 4 is 23.1 Å². The van der Waals surface area contributed by atoms with Crippen LogP contribution in [0.5, 0.6) is 11.5 Å². The van der Waals surface area contributed by atoms with Crippen LogP contribution in [0.25, 0.3) is 11.1 Å². The molecule has 0 aliphatic carbocycles. The average Bonchev–Trinajstić information content (AvgIpc) is 2.77. The van der Waals surface area contributed by atoms with E-state index in [9.17, 15) is 0 Å². The first kappa shape index (κ1) is 17.8. The van der Waals surface area contributed by atoms with Crippen LogP contribution < -0.4 is 21.1 Å². The van der Waals surface area contributed by atoms with E-state index in [0.29, 0.717) is 5.92 Å². The molecule has 0 spiro atoms. The third-order valence-electron chi connectivity index (χ3n) is 5.62. The van der Waals surface area contributed by atoms with Gasteiger partial charge in [-0.25, -0.2) is 0 Å². The van der Waals surface area contributed by atoms with Crippen molar-refractivity contribution in [3.63, 3.8) is 0 Å². The number of hydrogen-bond donors (Lipinski definition) is 0. The fraction of sp³-hybridized carbons (Fsp3) is 0.115. The molecule has 3 aromatic carbocycles. The fourth-order valence-electron chi connectivity index (χ4n) is 4.06. The van der Waals surface area contributed by atoms with Crippen molar-refractivity contribution in [1.29, 1.82) is 0 Å². The van der Waals surface area contributed by atoms with E-state index in [4.69, 9.17) is 4.74 Å². The highest BCUT2D eigenvalue weighted by molar-refractivity contribution is 6.96. The maximum Gasteiger partial charge on any atom is 0.250 e. The molecule has 2 heterocycles. The van der Waals surface area contributed by atoms with Gasteiger partial charge in [-0.15, -0.1) is 0 Å². The summed E-state index contributed by atoms with van der Waals surface area (Å²) in [6.45, 7) is 4.50. The summed E-state index contributed by atoms with van der Waals surface area (Å²) in [5.41, 5.74) is 7.03. The summed E-state index contributed by atoms with van der Waals surface area (Å²) in [4.78, 5) is 4.62. The zero-order valence-corrected chi connectivity index (χ0v) is 16.7. The standard InChI is InChI=1S/C26H22BNO/c1-18(2)24-15-13-20(17-28-24)19-12-14-23-26(16-19)29-25-11-7-6-10-22(25)27(23)21-8-4-3-5-9-21/h3-18H,1-2H3. The maximum absolute atomic E-state index is 6.33. The summed E-state index contributed by atoms with van der Waals surface area (Å²) in [7, 11) is 0. The van der Waals surface area contributed by atoms with E-state index in [1.807, 2.05) is 12.3 Å². The van der Waals surface area contributed by atoms with Gasteiger partial charge in [0.25, 0.3) is 6.71 Å². The van der Waals surface area contributed by atoms with E-state index >= 15 is 0 Å². The molecule has 0 fully saturated rings. The SMILES string of the molecule is CC(C)c1ccc(-c2ccc3c(c2)Oc2ccccc2B3c2ccccc2)cn1. The monoisotopic (exact) mass is 375 g/mol. The van der Waals surface area contributed by atoms with Gasteiger partial charge in [0.2, 0.25) is 0 Å². The number of nitrogens with zero attached hydrogens (tertiary/aromatic N) is 1. The molecule has 0 radical (unpaired) electrons. The fourth-order valence-corrected chi connectivity index (χ4v) is 4.06. The van der Waals surface area contributed by atoms with E-state index < -0.39 is 0 Å². The first-order valence-electron chi connectivity index (χ1n) is 10.1. The highest BCUT2D eigenvalue weighted by atomic mass is 16.5. The lowest BCUT2D eigenvalue weighted by atomic mass is 9.36. The van der Waals surface area contributed by atoms with Crippen molar-refractivity contribution in [2.75, 3.05) is 0 Å². The smallest absolute Gasteiger partial charge is 0.250 e. The number of aromatic nitrogens is 1. The molecule has 5 rings (SSSR count). The molecule has 0 atom stereocenters. The van der Waals surface area contributed by atoms with Gasteiger partial charge in [0, 0.05) is 17.5 Å². The van der Waals surface area contributed by atoms with Gasteiger partial charge in [0.15, 0.2) is 0 Å². The zero-order valence-electron chi connectivity index (χ0n) is 16.7. The Bertz CT molecular complexity index is 1150. The van der Waals surface area contributed by atoms with Crippen molar-refractivity contribution in [2.45, 2.75) is 19.8 Å². The molecule has 1 aliphatic heterocycles. The molecule has 0 amide bonds. The number of fused-ring (bicyclic) bond motifs is 2. The number of hydrogen-bond acceptors (Lipinski definition) is 2. The van der Waals surface area contributed by atoms with Crippen LogP contribution in [0, 0.1) is 0 Å². The van der Waals surface area contributed by atoms with Crippen LogP contribution in [0.3, 0.4) is 0 Å². The third-order valence-corrected chi connectivity index (χ3v) is 5.62. The second-order valence-electron chi connectivity index (χ2n) is 7.86. The van der Waals surface area contributed by atoms with E-state index in [0.717, 1.165) is 28.3 Å². The molecule has 0 N–H and O–H groups in total. The molecule has 2 nitrogen and oxygen atoms in total. The Morgan fingerprint density at radius 3 is 2.21 bits per heavy atom. The number of pyridine rings is 1. The van der Waals surface area contributed by atoms with Gasteiger partial charge >= 0.3 is 0 Å². The minimum Gasteiger partial charge on any atom is -0.458 e. The second kappa shape index (κ2) is 7.25. The van der Waals surface area contributed by atoms with Crippen LogP contribution in [0.15, 0.2) is 91.1 Å². The molecule has 140 valence electrons. The maximum atomic E-state index is 6.33. The molecule has 0 saturated carbocycles. The Labute approximate surface area is 172 Å². The zero-order chi connectivity index (χ0) is 19.8. The van der Waals surface area contributed by atoms with Crippen LogP contribution in [0.2, 0.25) is 0 Å². The van der Waals surface area contributed by atoms with Crippen molar-refractivity contribution in [2.24, 2.45) is 0 Å². The summed E-state index contributed by atoms with van der Waals surface area (Å²) >= 11 is 0. The Morgan fingerprint density at radius 2 is 1.45 bits per heavy atom. The summed E-state index contributed by atoms with van der Waals surface area (Å²) in [5.74, 6) is 2.28. The van der Waals surface area contributed by atoms with Gasteiger partial charge in [-0.1, -0.05) is 86.0 Å². The second-order valence-corrected chi connectivity index (χ2v) is 7.86. The van der Waals surface area contributed by atoms with E-state index in [2.05, 4.69) is 97.7 Å². The Kier molecular flexibility index (Phi) is 4.44. The van der Waals surface area contributed by atoms with Gasteiger partial charge in [0.05, 0.1) is 0 Å². The van der Waals surface area contributed by atoms with Crippen LogP contribution in [0.4, 0.5) is 0 Å². The van der Waals surface area contributed by atoms with Crippen molar-refractivity contribution in [3.05, 3.63) is 96.8 Å². The van der Waals surface area contributed by atoms with Gasteiger partial charge in [0.1, 0.15) is 11.5 Å². The van der Waals surface area contributed by atoms with E-state index in [1.165, 1.54) is 16.4 Å². The van der Waals surface area contributed by atoms with Crippen LogP contribution in [-0.2, 0) is 0 Å². The van der Waals surface area contributed by atoms with E-state index in [1.54, 1.807) is 0 Å². The van der Waals surface area contributed by atoms with Gasteiger partial charge in [-0.2, -0.15) is 0 Å². The van der Waals surface area contributed by atoms with Crippen molar-refractivity contribution < 1.29 is 4.74 Å². The minimum absolute atomic E-state index is 0.173. The molecule has 29 heavy (non-hydrogen) atoms. The molecule has 1 aromatic heterocycles. The first-order valence-corrected chi connectivity index (χ1v) is 10.1. The highest BCUT2D eigenvalue weighted by Gasteiger charge is 2.32. The normalized spacial score (nSPS) is 12.3. The minimum atomic E-state index is 0.173. The third kappa shape index (κ3) is 3.23. The Hall–Kier alpha value is -3.33. The summed E-state index contributed by atoms with van der Waals surface area (Å²) in [5, 5.41) is 0. The van der Waals surface area contributed by atoms with Crippen LogP contribution in [0.1, 0.15) is 25.5 Å². The summed E-state index contributed by atoms with van der Waals surface area (Å²) < 4.78 is 6.33. The van der Waals surface area contributed by atoms with Crippen molar-refractivity contribution in [3.8, 4) is 22.6 Å². The molecule has 1 aliphatic rings. The molecule has 3 heteroatoms. The number of benzene rings is 3. The van der Waals surface area contributed by atoms with Gasteiger partial charge in [-0.3, -0.25) is 4.98 Å². The number of rotatable bonds is 3. The quantitative estimate of drug-likeness (QED) is 0.434. The lowest BCUT2D eigenvalue weighted by Gasteiger charge is -2.27. The van der Waals surface area contributed by atoms with Gasteiger partial charge in [-0.05, 0) is 40.6 Å². The first-order chi connectivity index (χ1) is 14.2. The Morgan fingerprint density at radius 1 is 0.724 bits per heavy atom. The summed E-state index contributed by atoms with van der Waals surface area (Å²) in [6.07, 6.45) is 1.96. The lowest BCUT2D eigenvalue weighted by Crippen LogP contribution is -2.54. The Balaban J connectivity index is 1.60. The molecule has 0 unspecified atom stereocenters. The molecule has 4 aromatic rings. The molecular weight excluding hydrogens is 353 g/mol. The predicted octanol–water partition coefficient (Wildman–Crippen LogP) is 4.49. The lowest BCUT2D eigenvalue weighted by molar-refractivity contribution is 0.487. The summed E-state index contributed by atoms with van der Waals surface area (Å²) in [6, 6.07) is 29.8. The topological polar surface area (TPSA) is 22.1 Å².